The van der Waals surface area contributed by atoms with Gasteiger partial charge in [-0.05, 0) is 44.0 Å². The van der Waals surface area contributed by atoms with Crippen molar-refractivity contribution in [1.82, 2.24) is 19.1 Å². The smallest absolute Gasteiger partial charge is 0.353 e. The topological polar surface area (TPSA) is 157 Å². The van der Waals surface area contributed by atoms with Crippen LogP contribution in [0.3, 0.4) is 0 Å². The lowest BCUT2D eigenvalue weighted by Crippen LogP contribution is -2.41. The molecule has 0 fully saturated rings. The molecule has 3 rings (SSSR count). The predicted molar refractivity (Wildman–Crippen MR) is 115 cm³/mol. The van der Waals surface area contributed by atoms with E-state index in [0.29, 0.717) is 15.6 Å². The van der Waals surface area contributed by atoms with Gasteiger partial charge < -0.3 is 24.6 Å². The molecule has 32 heavy (non-hydrogen) atoms. The monoisotopic (exact) mass is 446 g/mol. The van der Waals surface area contributed by atoms with Gasteiger partial charge >= 0.3 is 11.7 Å². The third kappa shape index (κ3) is 4.69. The Labute approximate surface area is 182 Å². The van der Waals surface area contributed by atoms with Crippen molar-refractivity contribution in [2.24, 2.45) is 0 Å². The highest BCUT2D eigenvalue weighted by Crippen LogP contribution is 2.24. The first kappa shape index (κ1) is 23.5. The summed E-state index contributed by atoms with van der Waals surface area (Å²) < 4.78 is 6.98. The Bertz CT molecular complexity index is 1230. The fourth-order valence-corrected chi connectivity index (χ4v) is 3.46. The molecular formula is C21H26N4O7. The summed E-state index contributed by atoms with van der Waals surface area (Å²) in [6, 6.07) is 3.58. The minimum absolute atomic E-state index is 0.0478. The van der Waals surface area contributed by atoms with Gasteiger partial charge in [0.25, 0.3) is 5.56 Å². The largest absolute Gasteiger partial charge is 0.465 e. The number of benzene rings is 1. The first-order valence-corrected chi connectivity index (χ1v) is 10.2. The molecule has 2 heterocycles. The van der Waals surface area contributed by atoms with Gasteiger partial charge in [0, 0.05) is 6.42 Å². The zero-order chi connectivity index (χ0) is 23.6. The average molecular weight is 446 g/mol. The molecule has 0 radical (unpaired) electrons. The van der Waals surface area contributed by atoms with E-state index in [2.05, 4.69) is 9.97 Å². The molecule has 0 spiro atoms. The lowest BCUT2D eigenvalue weighted by atomic mass is 10.1. The van der Waals surface area contributed by atoms with Crippen molar-refractivity contribution in [1.29, 1.82) is 0 Å². The molecule has 2 atom stereocenters. The second-order valence-electron chi connectivity index (χ2n) is 7.64. The van der Waals surface area contributed by atoms with Crippen molar-refractivity contribution in [3.05, 3.63) is 44.1 Å². The van der Waals surface area contributed by atoms with Crippen LogP contribution in [0.25, 0.3) is 22.6 Å². The van der Waals surface area contributed by atoms with Crippen molar-refractivity contribution in [3.8, 4) is 11.5 Å². The predicted octanol–water partition coefficient (Wildman–Crippen LogP) is -0.658. The molecule has 2 aliphatic heterocycles. The zero-order valence-corrected chi connectivity index (χ0v) is 18.1. The Kier molecular flexibility index (Phi) is 7.02. The highest BCUT2D eigenvalue weighted by molar-refractivity contribution is 5.81. The van der Waals surface area contributed by atoms with Crippen molar-refractivity contribution < 1.29 is 24.9 Å². The minimum Gasteiger partial charge on any atom is -0.465 e. The van der Waals surface area contributed by atoms with Gasteiger partial charge in [0.2, 0.25) is 0 Å². The SMILES string of the molecule is CCOC(=O)Cn1c(=O)nc2n(C[C@@H](O)C[C@@H](O)CO)c3cc(C)c(C)cc3nc-2c1=O. The fraction of sp³-hybridized carbons (Fsp3) is 0.476. The van der Waals surface area contributed by atoms with Crippen molar-refractivity contribution >= 4 is 17.0 Å². The number of aryl methyl sites for hydroxylation is 2. The number of hydrogen-bond acceptors (Lipinski definition) is 9. The van der Waals surface area contributed by atoms with Crippen LogP contribution in [-0.2, 0) is 22.6 Å². The number of aliphatic hydroxyl groups is 3. The van der Waals surface area contributed by atoms with Crippen molar-refractivity contribution in [2.45, 2.75) is 52.5 Å². The normalized spacial score (nSPS) is 13.4. The maximum absolute atomic E-state index is 13.1. The van der Waals surface area contributed by atoms with Crippen LogP contribution in [0.1, 0.15) is 24.5 Å². The molecule has 0 bridgehead atoms. The van der Waals surface area contributed by atoms with Crippen LogP contribution >= 0.6 is 0 Å². The van der Waals surface area contributed by atoms with Crippen LogP contribution in [-0.4, -0.2) is 65.8 Å². The standard InChI is InChI=1S/C21H26N4O7/c1-4-32-17(29)9-25-20(30)18-19(23-21(25)31)24(8-13(27)7-14(28)10-26)16-6-12(3)11(2)5-15(16)22-18/h5-6,13-14,26-28H,4,7-10H2,1-3H3/t13-,14+/m0/s1. The summed E-state index contributed by atoms with van der Waals surface area (Å²) in [6.45, 7) is 4.27. The zero-order valence-electron chi connectivity index (χ0n) is 18.1. The Balaban J connectivity index is 2.25. The number of carbonyl (C=O) groups is 1. The van der Waals surface area contributed by atoms with Crippen LogP contribution < -0.4 is 11.2 Å². The molecule has 11 nitrogen and oxygen atoms in total. The first-order chi connectivity index (χ1) is 15.2. The van der Waals surface area contributed by atoms with Gasteiger partial charge in [0.1, 0.15) is 6.54 Å². The minimum atomic E-state index is -1.13. The van der Waals surface area contributed by atoms with E-state index in [0.717, 1.165) is 11.1 Å². The Morgan fingerprint density at radius 1 is 1.09 bits per heavy atom. The number of hydrogen-bond donors (Lipinski definition) is 3. The van der Waals surface area contributed by atoms with E-state index < -0.39 is 42.6 Å². The number of nitrogens with zero attached hydrogens (tertiary/aromatic N) is 4. The van der Waals surface area contributed by atoms with Crippen LogP contribution in [0.5, 0.6) is 0 Å². The van der Waals surface area contributed by atoms with Crippen LogP contribution in [0.2, 0.25) is 0 Å². The number of carbonyl (C=O) groups excluding carboxylic acids is 1. The van der Waals surface area contributed by atoms with Crippen LogP contribution in [0.4, 0.5) is 0 Å². The fourth-order valence-electron chi connectivity index (χ4n) is 3.46. The quantitative estimate of drug-likeness (QED) is 0.302. The van der Waals surface area contributed by atoms with E-state index in [-0.39, 0.29) is 31.1 Å². The van der Waals surface area contributed by atoms with Gasteiger partial charge in [-0.1, -0.05) is 0 Å². The number of esters is 1. The van der Waals surface area contributed by atoms with Gasteiger partial charge in [-0.3, -0.25) is 9.59 Å². The van der Waals surface area contributed by atoms with E-state index >= 15 is 0 Å². The molecule has 0 unspecified atom stereocenters. The number of aliphatic hydroxyl groups excluding tert-OH is 3. The number of fused-ring (bicyclic) bond motifs is 2. The highest BCUT2D eigenvalue weighted by Gasteiger charge is 2.24. The molecular weight excluding hydrogens is 420 g/mol. The highest BCUT2D eigenvalue weighted by atomic mass is 16.5. The summed E-state index contributed by atoms with van der Waals surface area (Å²) in [5.74, 6) is -0.796. The Morgan fingerprint density at radius 3 is 2.44 bits per heavy atom. The molecule has 3 N–H and O–H groups in total. The van der Waals surface area contributed by atoms with Crippen molar-refractivity contribution in [2.75, 3.05) is 13.2 Å². The molecule has 0 aromatic heterocycles. The molecule has 0 aliphatic carbocycles. The van der Waals surface area contributed by atoms with E-state index in [4.69, 9.17) is 9.84 Å². The number of ether oxygens (including phenoxy) is 1. The lowest BCUT2D eigenvalue weighted by molar-refractivity contribution is -0.143. The van der Waals surface area contributed by atoms with Gasteiger partial charge in [0.05, 0.1) is 43.0 Å². The second-order valence-corrected chi connectivity index (χ2v) is 7.64. The molecule has 172 valence electrons. The van der Waals surface area contributed by atoms with E-state index in [1.807, 2.05) is 19.9 Å². The third-order valence-corrected chi connectivity index (χ3v) is 5.20. The van der Waals surface area contributed by atoms with E-state index in [9.17, 15) is 24.6 Å². The maximum atomic E-state index is 13.1. The van der Waals surface area contributed by atoms with E-state index in [1.165, 1.54) is 4.57 Å². The van der Waals surface area contributed by atoms with Crippen LogP contribution in [0, 0.1) is 13.8 Å². The Morgan fingerprint density at radius 2 is 1.78 bits per heavy atom. The summed E-state index contributed by atoms with van der Waals surface area (Å²) >= 11 is 0. The molecule has 1 aromatic rings. The molecule has 2 aliphatic rings. The summed E-state index contributed by atoms with van der Waals surface area (Å²) in [7, 11) is 0. The van der Waals surface area contributed by atoms with Gasteiger partial charge in [0.15, 0.2) is 11.5 Å². The summed E-state index contributed by atoms with van der Waals surface area (Å²) in [6.07, 6.45) is -2.35. The maximum Gasteiger partial charge on any atom is 0.353 e. The summed E-state index contributed by atoms with van der Waals surface area (Å²) in [4.78, 5) is 45.9. The lowest BCUT2D eigenvalue weighted by Gasteiger charge is -2.22. The van der Waals surface area contributed by atoms with Gasteiger partial charge in [-0.25, -0.2) is 14.3 Å². The number of rotatable bonds is 8. The third-order valence-electron chi connectivity index (χ3n) is 5.20. The molecule has 0 saturated heterocycles. The molecule has 1 aromatic carbocycles. The molecule has 11 heteroatoms. The van der Waals surface area contributed by atoms with E-state index in [1.54, 1.807) is 13.0 Å². The Hall–Kier alpha value is -3.15. The first-order valence-electron chi connectivity index (χ1n) is 10.2. The average Bonchev–Trinajstić information content (AvgIpc) is 2.73. The van der Waals surface area contributed by atoms with Crippen LogP contribution in [0.15, 0.2) is 21.7 Å². The molecule has 0 saturated carbocycles. The summed E-state index contributed by atoms with van der Waals surface area (Å²) in [5.41, 5.74) is 0.941. The van der Waals surface area contributed by atoms with Gasteiger partial charge in [-0.2, -0.15) is 4.98 Å². The number of aromatic nitrogens is 4. The summed E-state index contributed by atoms with van der Waals surface area (Å²) in [5, 5.41) is 29.2. The molecule has 0 amide bonds. The van der Waals surface area contributed by atoms with Crippen molar-refractivity contribution in [3.63, 3.8) is 0 Å². The second kappa shape index (κ2) is 9.55. The van der Waals surface area contributed by atoms with Gasteiger partial charge in [-0.15, -0.1) is 0 Å².